The van der Waals surface area contributed by atoms with Crippen molar-refractivity contribution in [1.82, 2.24) is 15.1 Å². The average molecular weight is 508 g/mol. The van der Waals surface area contributed by atoms with E-state index < -0.39 is 23.5 Å². The third kappa shape index (κ3) is 5.51. The van der Waals surface area contributed by atoms with Crippen LogP contribution in [-0.2, 0) is 18.9 Å². The van der Waals surface area contributed by atoms with Crippen LogP contribution in [-0.4, -0.2) is 27.4 Å². The van der Waals surface area contributed by atoms with Crippen molar-refractivity contribution in [2.75, 3.05) is 6.54 Å². The molecule has 12 heteroatoms. The summed E-state index contributed by atoms with van der Waals surface area (Å²) >= 11 is 0.942. The third-order valence-electron chi connectivity index (χ3n) is 4.93. The van der Waals surface area contributed by atoms with Crippen LogP contribution in [0, 0.1) is 12.3 Å². The number of carbonyl (C=O) groups excluding carboxylic acids is 1. The summed E-state index contributed by atoms with van der Waals surface area (Å²) in [6.45, 7) is -0.293. The number of carbonyl (C=O) groups is 1. The summed E-state index contributed by atoms with van der Waals surface area (Å²) in [4.78, 5) is 16.4. The highest BCUT2D eigenvalue weighted by atomic mass is 32.2. The molecule has 0 radical (unpaired) electrons. The summed E-state index contributed by atoms with van der Waals surface area (Å²) in [5.74, 6) is 2.70. The second-order valence-electron chi connectivity index (χ2n) is 7.40. The van der Waals surface area contributed by atoms with Crippen LogP contribution in [0.1, 0.15) is 22.3 Å². The Labute approximate surface area is 198 Å². The van der Waals surface area contributed by atoms with Gasteiger partial charge in [-0.25, -0.2) is 0 Å². The first-order valence-electron chi connectivity index (χ1n) is 9.87. The number of rotatable bonds is 4. The molecule has 1 aromatic heterocycles. The highest BCUT2D eigenvalue weighted by molar-refractivity contribution is 8.18. The second kappa shape index (κ2) is 9.14. The Morgan fingerprint density at radius 2 is 1.89 bits per heavy atom. The fourth-order valence-corrected chi connectivity index (χ4v) is 4.17. The Morgan fingerprint density at radius 3 is 2.57 bits per heavy atom. The van der Waals surface area contributed by atoms with Gasteiger partial charge in [0, 0.05) is 11.6 Å². The van der Waals surface area contributed by atoms with Gasteiger partial charge in [-0.15, -0.1) is 6.42 Å². The number of aromatic nitrogens is 2. The zero-order valence-electron chi connectivity index (χ0n) is 17.5. The van der Waals surface area contributed by atoms with Gasteiger partial charge in [-0.05, 0) is 53.2 Å². The molecule has 0 unspecified atom stereocenters. The first-order valence-corrected chi connectivity index (χ1v) is 10.7. The Kier molecular flexibility index (Phi) is 6.38. The summed E-state index contributed by atoms with van der Waals surface area (Å²) in [5.41, 5.74) is -1.94. The minimum absolute atomic E-state index is 0.0865. The van der Waals surface area contributed by atoms with E-state index in [1.165, 1.54) is 10.9 Å². The molecular weight excluding hydrogens is 494 g/mol. The van der Waals surface area contributed by atoms with Crippen molar-refractivity contribution in [3.8, 4) is 12.3 Å². The number of alkyl halides is 6. The normalized spacial score (nSPS) is 16.8. The quantitative estimate of drug-likeness (QED) is 0.350. The number of aliphatic imine (C=N–C) groups is 1. The van der Waals surface area contributed by atoms with E-state index in [0.29, 0.717) is 33.3 Å². The molecular formula is C23H14F6N4OS. The van der Waals surface area contributed by atoms with Crippen LogP contribution in [0.25, 0.3) is 17.0 Å². The van der Waals surface area contributed by atoms with Crippen LogP contribution in [0.3, 0.4) is 0 Å². The van der Waals surface area contributed by atoms with Crippen molar-refractivity contribution in [2.45, 2.75) is 18.9 Å². The molecule has 5 nitrogen and oxygen atoms in total. The van der Waals surface area contributed by atoms with Gasteiger partial charge >= 0.3 is 12.4 Å². The maximum Gasteiger partial charge on any atom is 0.416 e. The van der Waals surface area contributed by atoms with Crippen LogP contribution < -0.4 is 5.32 Å². The average Bonchev–Trinajstić information content (AvgIpc) is 3.32. The van der Waals surface area contributed by atoms with Crippen molar-refractivity contribution in [1.29, 1.82) is 0 Å². The molecule has 180 valence electrons. The lowest BCUT2D eigenvalue weighted by Crippen LogP contribution is -2.19. The largest absolute Gasteiger partial charge is 0.416 e. The summed E-state index contributed by atoms with van der Waals surface area (Å²) in [5, 5.41) is 7.10. The number of amides is 1. The molecule has 0 aliphatic carbocycles. The van der Waals surface area contributed by atoms with Crippen molar-refractivity contribution in [3.05, 3.63) is 69.8 Å². The van der Waals surface area contributed by atoms with Crippen LogP contribution >= 0.6 is 11.8 Å². The molecule has 0 spiro atoms. The van der Waals surface area contributed by atoms with Crippen molar-refractivity contribution < 1.29 is 31.1 Å². The molecule has 0 bridgehead atoms. The molecule has 0 atom stereocenters. The highest BCUT2D eigenvalue weighted by Gasteiger charge is 2.38. The van der Waals surface area contributed by atoms with E-state index in [1.54, 1.807) is 24.3 Å². The first kappa shape index (κ1) is 24.4. The standard InChI is InChI=1S/C23H14F6N4OS/c1-2-7-30-20-19(35-21(34)31-20)9-13-3-6-18-15(8-13)12-33(32-18)11-14-4-5-16(22(24,25)26)10-17(14)23(27,28)29/h1,3-6,8-10,12H,7,11H2,(H,30,31,34)/b19-9-. The molecule has 35 heavy (non-hydrogen) atoms. The molecule has 1 fully saturated rings. The number of terminal acetylenes is 1. The monoisotopic (exact) mass is 508 g/mol. The van der Waals surface area contributed by atoms with Crippen LogP contribution in [0.15, 0.2) is 52.5 Å². The molecule has 2 heterocycles. The predicted octanol–water partition coefficient (Wildman–Crippen LogP) is 5.95. The first-order chi connectivity index (χ1) is 16.4. The molecule has 3 aromatic rings. The number of halogens is 6. The van der Waals surface area contributed by atoms with Crippen molar-refractivity contribution in [3.63, 3.8) is 0 Å². The van der Waals surface area contributed by atoms with Gasteiger partial charge in [0.1, 0.15) is 12.4 Å². The van der Waals surface area contributed by atoms with E-state index >= 15 is 0 Å². The maximum absolute atomic E-state index is 13.5. The van der Waals surface area contributed by atoms with Gasteiger partial charge in [0.05, 0.1) is 28.1 Å². The van der Waals surface area contributed by atoms with Crippen LogP contribution in [0.5, 0.6) is 0 Å². The Bertz CT molecular complexity index is 1410. The molecule has 1 aliphatic rings. The number of hydrogen-bond acceptors (Lipinski definition) is 4. The van der Waals surface area contributed by atoms with Gasteiger partial charge in [0.25, 0.3) is 5.24 Å². The lowest BCUT2D eigenvalue weighted by molar-refractivity contribution is -0.143. The Morgan fingerprint density at radius 1 is 1.11 bits per heavy atom. The SMILES string of the molecule is C#CCN=C1NC(=O)S/C1=C\c1ccc2nn(Cc3ccc(C(F)(F)F)cc3C(F)(F)F)cc2c1. The zero-order chi connectivity index (χ0) is 25.4. The predicted molar refractivity (Wildman–Crippen MR) is 121 cm³/mol. The van der Waals surface area contributed by atoms with E-state index in [-0.39, 0.29) is 30.0 Å². The summed E-state index contributed by atoms with van der Waals surface area (Å²) < 4.78 is 80.3. The number of fused-ring (bicyclic) bond motifs is 1. The molecule has 2 aromatic carbocycles. The smallest absolute Gasteiger partial charge is 0.300 e. The second-order valence-corrected chi connectivity index (χ2v) is 8.42. The van der Waals surface area contributed by atoms with Gasteiger partial charge < -0.3 is 5.32 Å². The van der Waals surface area contributed by atoms with Crippen LogP contribution in [0.2, 0.25) is 0 Å². The minimum atomic E-state index is -4.97. The van der Waals surface area contributed by atoms with Crippen molar-refractivity contribution >= 4 is 39.8 Å². The Hall–Kier alpha value is -3.72. The molecule has 1 aliphatic heterocycles. The molecule has 0 saturated carbocycles. The summed E-state index contributed by atoms with van der Waals surface area (Å²) in [7, 11) is 0. The van der Waals surface area contributed by atoms with Crippen LogP contribution in [0.4, 0.5) is 31.1 Å². The van der Waals surface area contributed by atoms with E-state index in [0.717, 1.165) is 17.8 Å². The van der Waals surface area contributed by atoms with Gasteiger partial charge in [0.2, 0.25) is 0 Å². The van der Waals surface area contributed by atoms with E-state index in [1.807, 2.05) is 0 Å². The van der Waals surface area contributed by atoms with E-state index in [2.05, 4.69) is 21.3 Å². The van der Waals surface area contributed by atoms with Gasteiger partial charge in [-0.2, -0.15) is 31.4 Å². The van der Waals surface area contributed by atoms with E-state index in [9.17, 15) is 31.1 Å². The number of benzene rings is 2. The minimum Gasteiger partial charge on any atom is -0.300 e. The Balaban J connectivity index is 1.65. The molecule has 4 rings (SSSR count). The third-order valence-corrected chi connectivity index (χ3v) is 5.75. The summed E-state index contributed by atoms with van der Waals surface area (Å²) in [6, 6.07) is 6.59. The number of nitrogens with zero attached hydrogens (tertiary/aromatic N) is 3. The van der Waals surface area contributed by atoms with Gasteiger partial charge in [-0.1, -0.05) is 18.1 Å². The van der Waals surface area contributed by atoms with Crippen molar-refractivity contribution in [2.24, 2.45) is 4.99 Å². The van der Waals surface area contributed by atoms with E-state index in [4.69, 9.17) is 6.42 Å². The highest BCUT2D eigenvalue weighted by Crippen LogP contribution is 2.37. The molecule has 1 saturated heterocycles. The van der Waals surface area contributed by atoms with Gasteiger partial charge in [0.15, 0.2) is 0 Å². The lowest BCUT2D eigenvalue weighted by Gasteiger charge is -2.16. The fraction of sp³-hybridized carbons (Fsp3) is 0.174. The number of nitrogens with one attached hydrogen (secondary N) is 1. The zero-order valence-corrected chi connectivity index (χ0v) is 18.4. The number of thioether (sulfide) groups is 1. The van der Waals surface area contributed by atoms with Gasteiger partial charge in [-0.3, -0.25) is 14.5 Å². The summed E-state index contributed by atoms with van der Waals surface area (Å²) in [6.07, 6.45) is -1.47. The molecule has 1 N–H and O–H groups in total. The fourth-order valence-electron chi connectivity index (χ4n) is 3.42. The topological polar surface area (TPSA) is 59.3 Å². The number of hydrogen-bond donors (Lipinski definition) is 1. The lowest BCUT2D eigenvalue weighted by atomic mass is 10.0. The maximum atomic E-state index is 13.5. The number of amidine groups is 1. The molecule has 1 amide bonds.